The second-order valence-corrected chi connectivity index (χ2v) is 10.2. The lowest BCUT2D eigenvalue weighted by molar-refractivity contribution is -0.144. The van der Waals surface area contributed by atoms with Gasteiger partial charge in [-0.1, -0.05) is 156 Å². The molecule has 0 aromatic carbocycles. The molecule has 0 radical (unpaired) electrons. The summed E-state index contributed by atoms with van der Waals surface area (Å²) in [4.78, 5) is 11.4. The van der Waals surface area contributed by atoms with E-state index in [1.54, 1.807) is 0 Å². The molecule has 0 fully saturated rings. The van der Waals surface area contributed by atoms with Crippen LogP contribution in [0.3, 0.4) is 0 Å². The van der Waals surface area contributed by atoms with Crippen molar-refractivity contribution in [2.75, 3.05) is 6.61 Å². The van der Waals surface area contributed by atoms with Crippen LogP contribution in [0.2, 0.25) is 0 Å². The van der Waals surface area contributed by atoms with Crippen LogP contribution in [0.4, 0.5) is 0 Å². The minimum Gasteiger partial charge on any atom is -0.466 e. The van der Waals surface area contributed by atoms with Crippen molar-refractivity contribution in [3.8, 4) is 0 Å². The number of carbonyl (C=O) groups is 1. The van der Waals surface area contributed by atoms with E-state index in [2.05, 4.69) is 20.8 Å². The van der Waals surface area contributed by atoms with Crippen LogP contribution in [-0.2, 0) is 9.53 Å². The number of ether oxygens (including phenoxy) is 1. The van der Waals surface area contributed by atoms with E-state index in [9.17, 15) is 4.79 Å². The van der Waals surface area contributed by atoms with Gasteiger partial charge in [-0.15, -0.1) is 0 Å². The average molecular weight is 439 g/mol. The summed E-state index contributed by atoms with van der Waals surface area (Å²) in [5, 5.41) is 0. The lowest BCUT2D eigenvalue weighted by Gasteiger charge is -2.06. The molecule has 0 unspecified atom stereocenters. The maximum atomic E-state index is 11.4. The van der Waals surface area contributed by atoms with E-state index in [-0.39, 0.29) is 5.97 Å². The molecular weight excluding hydrogens is 380 g/mol. The third kappa shape index (κ3) is 27.4. The van der Waals surface area contributed by atoms with E-state index >= 15 is 0 Å². The van der Waals surface area contributed by atoms with Crippen molar-refractivity contribution in [3.63, 3.8) is 0 Å². The van der Waals surface area contributed by atoms with Crippen molar-refractivity contribution >= 4 is 5.97 Å². The molecule has 0 amide bonds. The van der Waals surface area contributed by atoms with Crippen LogP contribution in [0.25, 0.3) is 0 Å². The second-order valence-electron chi connectivity index (χ2n) is 10.2. The summed E-state index contributed by atoms with van der Waals surface area (Å²) in [5.41, 5.74) is 0. The second kappa shape index (κ2) is 25.7. The first-order valence-electron chi connectivity index (χ1n) is 14.3. The van der Waals surface area contributed by atoms with Crippen LogP contribution in [0.15, 0.2) is 0 Å². The summed E-state index contributed by atoms with van der Waals surface area (Å²) in [7, 11) is 0. The number of carbonyl (C=O) groups excluding carboxylic acids is 1. The summed E-state index contributed by atoms with van der Waals surface area (Å²) in [6.07, 6.45) is 31.4. The van der Waals surface area contributed by atoms with Crippen LogP contribution in [0.1, 0.15) is 168 Å². The molecular formula is C29H58O2. The molecule has 0 aliphatic carbocycles. The first-order chi connectivity index (χ1) is 15.2. The Labute approximate surface area is 196 Å². The Bertz CT molecular complexity index is 351. The van der Waals surface area contributed by atoms with E-state index in [4.69, 9.17) is 4.74 Å². The summed E-state index contributed by atoms with van der Waals surface area (Å²) in [5.74, 6) is 0.371. The molecule has 0 saturated carbocycles. The van der Waals surface area contributed by atoms with Crippen LogP contribution in [-0.4, -0.2) is 12.6 Å². The van der Waals surface area contributed by atoms with Gasteiger partial charge in [-0.05, 0) is 12.3 Å². The predicted octanol–water partition coefficient (Wildman–Crippen LogP) is 10.2. The van der Waals surface area contributed by atoms with Gasteiger partial charge in [0.25, 0.3) is 0 Å². The van der Waals surface area contributed by atoms with E-state index < -0.39 is 0 Å². The summed E-state index contributed by atoms with van der Waals surface area (Å²) in [6.45, 7) is 7.02. The fraction of sp³-hybridized carbons (Fsp3) is 0.966. The maximum absolute atomic E-state index is 11.4. The highest BCUT2D eigenvalue weighted by atomic mass is 16.5. The molecule has 0 saturated heterocycles. The minimum atomic E-state index is -0.0292. The third-order valence-corrected chi connectivity index (χ3v) is 6.34. The molecule has 31 heavy (non-hydrogen) atoms. The molecule has 0 rings (SSSR count). The minimum absolute atomic E-state index is 0.0292. The van der Waals surface area contributed by atoms with Gasteiger partial charge in [0.1, 0.15) is 0 Å². The molecule has 0 aliphatic heterocycles. The molecule has 0 atom stereocenters. The largest absolute Gasteiger partial charge is 0.466 e. The molecule has 0 aliphatic rings. The van der Waals surface area contributed by atoms with E-state index in [0.29, 0.717) is 18.9 Å². The first-order valence-corrected chi connectivity index (χ1v) is 14.3. The van der Waals surface area contributed by atoms with Crippen LogP contribution in [0.5, 0.6) is 0 Å². The zero-order chi connectivity index (χ0) is 22.8. The smallest absolute Gasteiger partial charge is 0.306 e. The highest BCUT2D eigenvalue weighted by molar-refractivity contribution is 5.69. The Morgan fingerprint density at radius 2 is 0.806 bits per heavy atom. The molecule has 0 bridgehead atoms. The van der Waals surface area contributed by atoms with Crippen molar-refractivity contribution < 1.29 is 9.53 Å². The number of unbranched alkanes of at least 4 members (excludes halogenated alkanes) is 21. The Hall–Kier alpha value is -0.530. The van der Waals surface area contributed by atoms with Gasteiger partial charge >= 0.3 is 5.97 Å². The van der Waals surface area contributed by atoms with Crippen molar-refractivity contribution in [2.24, 2.45) is 5.92 Å². The molecule has 2 heteroatoms. The molecule has 0 heterocycles. The molecule has 0 aromatic heterocycles. The van der Waals surface area contributed by atoms with Gasteiger partial charge in [-0.3, -0.25) is 4.79 Å². The highest BCUT2D eigenvalue weighted by Crippen LogP contribution is 2.15. The third-order valence-electron chi connectivity index (χ3n) is 6.34. The Kier molecular flexibility index (Phi) is 25.3. The van der Waals surface area contributed by atoms with Crippen LogP contribution in [0, 0.1) is 5.92 Å². The standard InChI is InChI=1S/C29H58O2/c1-4-5-6-7-8-9-10-11-12-13-14-15-16-17-18-19-20-21-22-23-24-25-26-31-29(30)27-28(2)3/h28H,4-27H2,1-3H3. The summed E-state index contributed by atoms with van der Waals surface area (Å²) >= 11 is 0. The number of hydrogen-bond donors (Lipinski definition) is 0. The van der Waals surface area contributed by atoms with E-state index in [1.165, 1.54) is 135 Å². The van der Waals surface area contributed by atoms with Gasteiger partial charge in [-0.25, -0.2) is 0 Å². The van der Waals surface area contributed by atoms with Gasteiger partial charge in [0.2, 0.25) is 0 Å². The maximum Gasteiger partial charge on any atom is 0.306 e. The van der Waals surface area contributed by atoms with Gasteiger partial charge in [0, 0.05) is 6.42 Å². The van der Waals surface area contributed by atoms with Crippen molar-refractivity contribution in [2.45, 2.75) is 168 Å². The lowest BCUT2D eigenvalue weighted by Crippen LogP contribution is -2.08. The van der Waals surface area contributed by atoms with Crippen molar-refractivity contribution in [3.05, 3.63) is 0 Å². The van der Waals surface area contributed by atoms with Crippen LogP contribution < -0.4 is 0 Å². The van der Waals surface area contributed by atoms with Gasteiger partial charge < -0.3 is 4.74 Å². The van der Waals surface area contributed by atoms with Gasteiger partial charge in [0.15, 0.2) is 0 Å². The first kappa shape index (κ1) is 30.5. The molecule has 0 N–H and O–H groups in total. The number of esters is 1. The SMILES string of the molecule is CCCCCCCCCCCCCCCCCCCCCCCCOC(=O)CC(C)C. The predicted molar refractivity (Wildman–Crippen MR) is 138 cm³/mol. The quantitative estimate of drug-likeness (QED) is 0.105. The van der Waals surface area contributed by atoms with Crippen molar-refractivity contribution in [1.29, 1.82) is 0 Å². The van der Waals surface area contributed by atoms with Gasteiger partial charge in [-0.2, -0.15) is 0 Å². The fourth-order valence-corrected chi connectivity index (χ4v) is 4.29. The Balaban J connectivity index is 3.06. The Morgan fingerprint density at radius 3 is 1.10 bits per heavy atom. The Morgan fingerprint density at radius 1 is 0.516 bits per heavy atom. The fourth-order valence-electron chi connectivity index (χ4n) is 4.29. The summed E-state index contributed by atoms with van der Waals surface area (Å²) < 4.78 is 5.26. The highest BCUT2D eigenvalue weighted by Gasteiger charge is 2.05. The number of hydrogen-bond acceptors (Lipinski definition) is 2. The molecule has 0 aromatic rings. The van der Waals surface area contributed by atoms with Gasteiger partial charge in [0.05, 0.1) is 6.61 Å². The molecule has 0 spiro atoms. The van der Waals surface area contributed by atoms with E-state index in [1.807, 2.05) is 0 Å². The molecule has 2 nitrogen and oxygen atoms in total. The van der Waals surface area contributed by atoms with Crippen molar-refractivity contribution in [1.82, 2.24) is 0 Å². The zero-order valence-electron chi connectivity index (χ0n) is 21.9. The lowest BCUT2D eigenvalue weighted by atomic mass is 10.0. The normalized spacial score (nSPS) is 11.4. The zero-order valence-corrected chi connectivity index (χ0v) is 21.9. The number of rotatable bonds is 25. The average Bonchev–Trinajstić information content (AvgIpc) is 2.73. The summed E-state index contributed by atoms with van der Waals surface area (Å²) in [6, 6.07) is 0. The monoisotopic (exact) mass is 438 g/mol. The molecule has 186 valence electrons. The van der Waals surface area contributed by atoms with E-state index in [0.717, 1.165) is 6.42 Å². The van der Waals surface area contributed by atoms with Crippen LogP contribution >= 0.6 is 0 Å². The topological polar surface area (TPSA) is 26.3 Å².